The van der Waals surface area contributed by atoms with Gasteiger partial charge in [0, 0.05) is 30.0 Å². The van der Waals surface area contributed by atoms with Crippen molar-refractivity contribution in [3.8, 4) is 0 Å². The van der Waals surface area contributed by atoms with E-state index in [1.54, 1.807) is 0 Å². The number of benzene rings is 1. The maximum atomic E-state index is 12.2. The fourth-order valence-electron chi connectivity index (χ4n) is 2.63. The van der Waals surface area contributed by atoms with Gasteiger partial charge in [0.05, 0.1) is 12.7 Å². The van der Waals surface area contributed by atoms with E-state index in [0.717, 1.165) is 29.1 Å². The van der Waals surface area contributed by atoms with E-state index in [0.29, 0.717) is 13.1 Å². The van der Waals surface area contributed by atoms with Crippen molar-refractivity contribution in [3.05, 3.63) is 46.8 Å². The van der Waals surface area contributed by atoms with Gasteiger partial charge in [0.15, 0.2) is 0 Å². The Bertz CT molecular complexity index is 690. The summed E-state index contributed by atoms with van der Waals surface area (Å²) in [4.78, 5) is 14.3. The third-order valence-corrected chi connectivity index (χ3v) is 4.24. The quantitative estimate of drug-likeness (QED) is 0.892. The third kappa shape index (κ3) is 4.20. The molecule has 0 radical (unpaired) electrons. The van der Waals surface area contributed by atoms with E-state index < -0.39 is 0 Å². The lowest BCUT2D eigenvalue weighted by Crippen LogP contribution is -2.30. The molecule has 0 aliphatic heterocycles. The summed E-state index contributed by atoms with van der Waals surface area (Å²) >= 11 is 0. The summed E-state index contributed by atoms with van der Waals surface area (Å²) in [5.41, 5.74) is 5.50. The van der Waals surface area contributed by atoms with Crippen LogP contribution in [-0.2, 0) is 17.9 Å². The summed E-state index contributed by atoms with van der Waals surface area (Å²) in [6, 6.07) is 5.95. The van der Waals surface area contributed by atoms with Crippen molar-refractivity contribution in [1.29, 1.82) is 0 Å². The van der Waals surface area contributed by atoms with Crippen LogP contribution >= 0.6 is 0 Å². The van der Waals surface area contributed by atoms with Crippen molar-refractivity contribution in [3.63, 3.8) is 0 Å². The molecule has 23 heavy (non-hydrogen) atoms. The molecule has 5 nitrogen and oxygen atoms in total. The minimum Gasteiger partial charge on any atom is -0.325 e. The SMILES string of the molecule is CCn1ncc(CN(C)CC(=O)Nc2cccc(C)c2C)c1C. The molecule has 124 valence electrons. The number of rotatable bonds is 6. The second-order valence-corrected chi connectivity index (χ2v) is 6.04. The fraction of sp³-hybridized carbons (Fsp3) is 0.444. The Morgan fingerprint density at radius 3 is 2.70 bits per heavy atom. The molecule has 2 rings (SSSR count). The highest BCUT2D eigenvalue weighted by Crippen LogP contribution is 2.18. The molecule has 0 bridgehead atoms. The van der Waals surface area contributed by atoms with E-state index in [2.05, 4.69) is 24.3 Å². The molecule has 0 unspecified atom stereocenters. The molecule has 5 heteroatoms. The van der Waals surface area contributed by atoms with Gasteiger partial charge in [-0.3, -0.25) is 14.4 Å². The van der Waals surface area contributed by atoms with E-state index in [4.69, 9.17) is 0 Å². The molecule has 1 aromatic heterocycles. The average Bonchev–Trinajstić information content (AvgIpc) is 2.84. The lowest BCUT2D eigenvalue weighted by Gasteiger charge is -2.17. The molecular weight excluding hydrogens is 288 g/mol. The minimum atomic E-state index is 0.00161. The maximum absolute atomic E-state index is 12.2. The molecule has 0 saturated heterocycles. The van der Waals surface area contributed by atoms with Crippen molar-refractivity contribution in [1.82, 2.24) is 14.7 Å². The van der Waals surface area contributed by atoms with Gasteiger partial charge in [-0.15, -0.1) is 0 Å². The molecule has 1 heterocycles. The highest BCUT2D eigenvalue weighted by Gasteiger charge is 2.12. The second-order valence-electron chi connectivity index (χ2n) is 6.04. The van der Waals surface area contributed by atoms with Gasteiger partial charge in [-0.1, -0.05) is 12.1 Å². The maximum Gasteiger partial charge on any atom is 0.238 e. The Morgan fingerprint density at radius 1 is 1.30 bits per heavy atom. The molecule has 0 spiro atoms. The molecule has 1 aromatic carbocycles. The lowest BCUT2D eigenvalue weighted by atomic mass is 10.1. The molecule has 1 amide bonds. The number of nitrogens with one attached hydrogen (secondary N) is 1. The Balaban J connectivity index is 1.94. The Kier molecular flexibility index (Phi) is 5.55. The summed E-state index contributed by atoms with van der Waals surface area (Å²) in [6.07, 6.45) is 1.89. The van der Waals surface area contributed by atoms with Crippen molar-refractivity contribution in [2.24, 2.45) is 0 Å². The van der Waals surface area contributed by atoms with Gasteiger partial charge in [-0.2, -0.15) is 5.10 Å². The van der Waals surface area contributed by atoms with Crippen molar-refractivity contribution < 1.29 is 4.79 Å². The van der Waals surface area contributed by atoms with Crippen LogP contribution in [0.15, 0.2) is 24.4 Å². The third-order valence-electron chi connectivity index (χ3n) is 4.24. The number of aromatic nitrogens is 2. The smallest absolute Gasteiger partial charge is 0.238 e. The molecule has 1 N–H and O–H groups in total. The number of likely N-dealkylation sites (N-methyl/N-ethyl adjacent to an activating group) is 1. The first-order chi connectivity index (χ1) is 10.9. The topological polar surface area (TPSA) is 50.2 Å². The number of hydrogen-bond donors (Lipinski definition) is 1. The number of carbonyl (C=O) groups is 1. The average molecular weight is 314 g/mol. The van der Waals surface area contributed by atoms with Crippen LogP contribution in [0.25, 0.3) is 0 Å². The first-order valence-corrected chi connectivity index (χ1v) is 7.98. The van der Waals surface area contributed by atoms with Crippen LogP contribution in [0, 0.1) is 20.8 Å². The van der Waals surface area contributed by atoms with Crippen LogP contribution in [0.5, 0.6) is 0 Å². The first-order valence-electron chi connectivity index (χ1n) is 7.98. The second kappa shape index (κ2) is 7.42. The Labute approximate surface area is 138 Å². The molecule has 0 fully saturated rings. The number of nitrogens with zero attached hydrogens (tertiary/aromatic N) is 3. The largest absolute Gasteiger partial charge is 0.325 e. The van der Waals surface area contributed by atoms with E-state index >= 15 is 0 Å². The molecule has 0 atom stereocenters. The van der Waals surface area contributed by atoms with E-state index in [1.165, 1.54) is 5.56 Å². The summed E-state index contributed by atoms with van der Waals surface area (Å²) in [6.45, 7) is 10.1. The number of hydrogen-bond acceptors (Lipinski definition) is 3. The predicted molar refractivity (Wildman–Crippen MR) is 93.5 cm³/mol. The molecule has 0 saturated carbocycles. The molecule has 0 aliphatic rings. The standard InChI is InChI=1S/C18H26N4O/c1-6-22-15(4)16(10-19-22)11-21(5)12-18(23)20-17-9-7-8-13(2)14(17)3/h7-10H,6,11-12H2,1-5H3,(H,20,23). The molecular formula is C18H26N4O. The Morgan fingerprint density at radius 2 is 2.04 bits per heavy atom. The van der Waals surface area contributed by atoms with Gasteiger partial charge in [0.25, 0.3) is 0 Å². The minimum absolute atomic E-state index is 0.00161. The molecule has 0 aliphatic carbocycles. The van der Waals surface area contributed by atoms with Crippen molar-refractivity contribution in [2.45, 2.75) is 40.8 Å². The van der Waals surface area contributed by atoms with Crippen LogP contribution in [-0.4, -0.2) is 34.2 Å². The fourth-order valence-corrected chi connectivity index (χ4v) is 2.63. The lowest BCUT2D eigenvalue weighted by molar-refractivity contribution is -0.117. The number of amides is 1. The van der Waals surface area contributed by atoms with Gasteiger partial charge >= 0.3 is 0 Å². The van der Waals surface area contributed by atoms with Crippen LogP contribution in [0.1, 0.15) is 29.3 Å². The number of carbonyl (C=O) groups excluding carboxylic acids is 1. The van der Waals surface area contributed by atoms with Gasteiger partial charge < -0.3 is 5.32 Å². The highest BCUT2D eigenvalue weighted by molar-refractivity contribution is 5.93. The van der Waals surface area contributed by atoms with Crippen LogP contribution in [0.4, 0.5) is 5.69 Å². The van der Waals surface area contributed by atoms with Gasteiger partial charge in [-0.05, 0) is 51.9 Å². The van der Waals surface area contributed by atoms with E-state index in [9.17, 15) is 4.79 Å². The summed E-state index contributed by atoms with van der Waals surface area (Å²) in [5.74, 6) is 0.00161. The zero-order chi connectivity index (χ0) is 17.0. The van der Waals surface area contributed by atoms with Crippen LogP contribution in [0.2, 0.25) is 0 Å². The Hall–Kier alpha value is -2.14. The summed E-state index contributed by atoms with van der Waals surface area (Å²) in [7, 11) is 1.95. The van der Waals surface area contributed by atoms with Gasteiger partial charge in [0.2, 0.25) is 5.91 Å². The first kappa shape index (κ1) is 17.2. The van der Waals surface area contributed by atoms with E-state index in [-0.39, 0.29) is 5.91 Å². The van der Waals surface area contributed by atoms with E-state index in [1.807, 2.05) is 54.9 Å². The van der Waals surface area contributed by atoms with Gasteiger partial charge in [0.1, 0.15) is 0 Å². The summed E-state index contributed by atoms with van der Waals surface area (Å²) in [5, 5.41) is 7.34. The monoisotopic (exact) mass is 314 g/mol. The number of anilines is 1. The summed E-state index contributed by atoms with van der Waals surface area (Å²) < 4.78 is 1.97. The van der Waals surface area contributed by atoms with Crippen molar-refractivity contribution >= 4 is 11.6 Å². The van der Waals surface area contributed by atoms with Gasteiger partial charge in [-0.25, -0.2) is 0 Å². The van der Waals surface area contributed by atoms with Crippen LogP contribution < -0.4 is 5.32 Å². The zero-order valence-corrected chi connectivity index (χ0v) is 14.7. The van der Waals surface area contributed by atoms with Crippen LogP contribution in [0.3, 0.4) is 0 Å². The van der Waals surface area contributed by atoms with Crippen molar-refractivity contribution in [2.75, 3.05) is 18.9 Å². The number of aryl methyl sites for hydroxylation is 2. The normalized spacial score (nSPS) is 11.0. The molecule has 2 aromatic rings. The zero-order valence-electron chi connectivity index (χ0n) is 14.7. The highest BCUT2D eigenvalue weighted by atomic mass is 16.2. The predicted octanol–water partition coefficient (Wildman–Crippen LogP) is 2.90.